The molecule has 1 fully saturated rings. The number of carbonyl (C=O) groups is 1. The number of benzene rings is 2. The number of furan rings is 1. The van der Waals surface area contributed by atoms with Gasteiger partial charge in [0, 0.05) is 44.8 Å². The average molecular weight is 434 g/mol. The molecule has 32 heavy (non-hydrogen) atoms. The fourth-order valence-electron chi connectivity index (χ4n) is 3.97. The number of likely N-dealkylation sites (N-methyl/N-ethyl adjacent to an activating group) is 1. The molecule has 0 aliphatic carbocycles. The lowest BCUT2D eigenvalue weighted by Gasteiger charge is -2.34. The first-order chi connectivity index (χ1) is 15.7. The molecule has 0 spiro atoms. The third-order valence-electron chi connectivity index (χ3n) is 5.95. The Kier molecular flexibility index (Phi) is 7.59. The molecule has 0 radical (unpaired) electrons. The molecule has 1 saturated heterocycles. The number of piperazine rings is 1. The smallest absolute Gasteiger partial charge is 0.287 e. The van der Waals surface area contributed by atoms with Crippen LogP contribution in [0.1, 0.15) is 34.2 Å². The van der Waals surface area contributed by atoms with Crippen LogP contribution in [0.15, 0.2) is 71.3 Å². The van der Waals surface area contributed by atoms with Crippen molar-refractivity contribution in [3.05, 3.63) is 89.4 Å². The fraction of sp³-hybridized carbons (Fsp3) is 0.346. The first kappa shape index (κ1) is 22.1. The minimum absolute atomic E-state index is 0.229. The molecule has 0 atom stereocenters. The Balaban J connectivity index is 1.33. The van der Waals surface area contributed by atoms with Crippen molar-refractivity contribution in [2.75, 3.05) is 32.7 Å². The van der Waals surface area contributed by atoms with E-state index in [1.54, 1.807) is 6.07 Å². The second-order valence-corrected chi connectivity index (χ2v) is 8.04. The molecule has 3 aromatic rings. The maximum atomic E-state index is 12.8. The number of para-hydroxylation sites is 1. The van der Waals surface area contributed by atoms with Gasteiger partial charge in [-0.05, 0) is 35.9 Å². The molecule has 1 aliphatic rings. The number of hydrogen-bond donors (Lipinski definition) is 1. The Hall–Kier alpha value is -3.09. The first-order valence-electron chi connectivity index (χ1n) is 11.3. The topological polar surface area (TPSA) is 58.0 Å². The number of nitrogens with one attached hydrogen (secondary N) is 1. The highest BCUT2D eigenvalue weighted by atomic mass is 16.5. The van der Waals surface area contributed by atoms with E-state index >= 15 is 0 Å². The molecule has 6 nitrogen and oxygen atoms in total. The molecule has 1 N–H and O–H groups in total. The predicted molar refractivity (Wildman–Crippen MR) is 124 cm³/mol. The maximum Gasteiger partial charge on any atom is 0.287 e. The number of carbonyl (C=O) groups excluding carboxylic acids is 1. The zero-order chi connectivity index (χ0) is 22.2. The van der Waals surface area contributed by atoms with Crippen molar-refractivity contribution in [1.82, 2.24) is 15.1 Å². The van der Waals surface area contributed by atoms with E-state index in [1.807, 2.05) is 36.4 Å². The Morgan fingerprint density at radius 1 is 0.906 bits per heavy atom. The van der Waals surface area contributed by atoms with Gasteiger partial charge in [-0.1, -0.05) is 49.4 Å². The number of amides is 1. The lowest BCUT2D eigenvalue weighted by molar-refractivity contribution is 0.0919. The molecule has 6 heteroatoms. The summed E-state index contributed by atoms with van der Waals surface area (Å²) < 4.78 is 11.2. The van der Waals surface area contributed by atoms with E-state index in [1.165, 1.54) is 11.8 Å². The Labute approximate surface area is 189 Å². The van der Waals surface area contributed by atoms with Gasteiger partial charge < -0.3 is 19.4 Å². The molecular weight excluding hydrogens is 402 g/mol. The standard InChI is InChI=1S/C26H31N3O3/c1-2-28-13-15-29(16-14-28)19-22-9-7-6-8-21(22)18-27-26(30)25-23(12-17-31-25)20-32-24-10-4-3-5-11-24/h3-12,17H,2,13-16,18-20H2,1H3,(H,27,30). The van der Waals surface area contributed by atoms with Crippen LogP contribution < -0.4 is 10.1 Å². The molecule has 0 bridgehead atoms. The Morgan fingerprint density at radius 3 is 2.34 bits per heavy atom. The van der Waals surface area contributed by atoms with E-state index < -0.39 is 0 Å². The normalized spacial score (nSPS) is 14.9. The van der Waals surface area contributed by atoms with Gasteiger partial charge >= 0.3 is 0 Å². The molecule has 0 saturated carbocycles. The number of nitrogens with zero attached hydrogens (tertiary/aromatic N) is 2. The second-order valence-electron chi connectivity index (χ2n) is 8.04. The largest absolute Gasteiger partial charge is 0.489 e. The molecule has 1 aromatic heterocycles. The molecule has 4 rings (SSSR count). The van der Waals surface area contributed by atoms with Crippen LogP contribution in [0, 0.1) is 0 Å². The summed E-state index contributed by atoms with van der Waals surface area (Å²) in [6.07, 6.45) is 1.53. The number of ether oxygens (including phenoxy) is 1. The van der Waals surface area contributed by atoms with E-state index in [0.29, 0.717) is 12.3 Å². The summed E-state index contributed by atoms with van der Waals surface area (Å²) in [6, 6.07) is 19.6. The van der Waals surface area contributed by atoms with E-state index in [-0.39, 0.29) is 12.5 Å². The highest BCUT2D eigenvalue weighted by Gasteiger charge is 2.18. The highest BCUT2D eigenvalue weighted by Crippen LogP contribution is 2.17. The molecule has 2 aromatic carbocycles. The quantitative estimate of drug-likeness (QED) is 0.554. The summed E-state index contributed by atoms with van der Waals surface area (Å²) in [4.78, 5) is 17.8. The van der Waals surface area contributed by atoms with E-state index in [4.69, 9.17) is 9.15 Å². The third-order valence-corrected chi connectivity index (χ3v) is 5.95. The SMILES string of the molecule is CCN1CCN(Cc2ccccc2CNC(=O)c2occc2COc2ccccc2)CC1. The van der Waals surface area contributed by atoms with Crippen LogP contribution in [0.3, 0.4) is 0 Å². The van der Waals surface area contributed by atoms with Crippen molar-refractivity contribution in [2.24, 2.45) is 0 Å². The Morgan fingerprint density at radius 2 is 1.59 bits per heavy atom. The van der Waals surface area contributed by atoms with Gasteiger partial charge in [-0.2, -0.15) is 0 Å². The van der Waals surface area contributed by atoms with Gasteiger partial charge in [0.2, 0.25) is 0 Å². The summed E-state index contributed by atoms with van der Waals surface area (Å²) in [5.41, 5.74) is 3.12. The van der Waals surface area contributed by atoms with E-state index in [9.17, 15) is 4.79 Å². The van der Waals surface area contributed by atoms with Crippen LogP contribution in [-0.2, 0) is 19.7 Å². The second kappa shape index (κ2) is 11.0. The lowest BCUT2D eigenvalue weighted by Crippen LogP contribution is -2.45. The van der Waals surface area contributed by atoms with Crippen molar-refractivity contribution >= 4 is 5.91 Å². The van der Waals surface area contributed by atoms with Crippen LogP contribution in [0.5, 0.6) is 5.75 Å². The van der Waals surface area contributed by atoms with Crippen LogP contribution in [0.25, 0.3) is 0 Å². The maximum absolute atomic E-state index is 12.8. The van der Waals surface area contributed by atoms with Gasteiger partial charge in [-0.3, -0.25) is 9.69 Å². The molecule has 1 amide bonds. The summed E-state index contributed by atoms with van der Waals surface area (Å²) in [7, 11) is 0. The van der Waals surface area contributed by atoms with Crippen molar-refractivity contribution < 1.29 is 13.9 Å². The summed E-state index contributed by atoms with van der Waals surface area (Å²) in [5, 5.41) is 3.02. The van der Waals surface area contributed by atoms with Crippen LogP contribution in [0.2, 0.25) is 0 Å². The van der Waals surface area contributed by atoms with Gasteiger partial charge in [0.05, 0.1) is 6.26 Å². The monoisotopic (exact) mass is 433 g/mol. The zero-order valence-electron chi connectivity index (χ0n) is 18.6. The van der Waals surface area contributed by atoms with Crippen molar-refractivity contribution in [3.8, 4) is 5.75 Å². The molecule has 1 aliphatic heterocycles. The van der Waals surface area contributed by atoms with Gasteiger partial charge in [0.1, 0.15) is 12.4 Å². The minimum Gasteiger partial charge on any atom is -0.489 e. The zero-order valence-corrected chi connectivity index (χ0v) is 18.6. The third kappa shape index (κ3) is 5.78. The Bertz CT molecular complexity index is 994. The van der Waals surface area contributed by atoms with E-state index in [2.05, 4.69) is 40.2 Å². The highest BCUT2D eigenvalue weighted by molar-refractivity contribution is 5.92. The van der Waals surface area contributed by atoms with Crippen molar-refractivity contribution in [3.63, 3.8) is 0 Å². The first-order valence-corrected chi connectivity index (χ1v) is 11.3. The number of rotatable bonds is 9. The minimum atomic E-state index is -0.229. The predicted octanol–water partition coefficient (Wildman–Crippen LogP) is 3.93. The molecular formula is C26H31N3O3. The van der Waals surface area contributed by atoms with Gasteiger partial charge in [0.15, 0.2) is 5.76 Å². The summed E-state index contributed by atoms with van der Waals surface area (Å²) >= 11 is 0. The van der Waals surface area contributed by atoms with Crippen LogP contribution >= 0.6 is 0 Å². The average Bonchev–Trinajstić information content (AvgIpc) is 3.32. The molecule has 0 unspecified atom stereocenters. The van der Waals surface area contributed by atoms with Gasteiger partial charge in [-0.15, -0.1) is 0 Å². The molecule has 2 heterocycles. The molecule has 168 valence electrons. The number of hydrogen-bond acceptors (Lipinski definition) is 5. The van der Waals surface area contributed by atoms with Crippen molar-refractivity contribution in [1.29, 1.82) is 0 Å². The lowest BCUT2D eigenvalue weighted by atomic mass is 10.1. The van der Waals surface area contributed by atoms with E-state index in [0.717, 1.165) is 56.1 Å². The van der Waals surface area contributed by atoms with Crippen LogP contribution in [0.4, 0.5) is 0 Å². The summed E-state index contributed by atoms with van der Waals surface area (Å²) in [6.45, 7) is 9.35. The van der Waals surface area contributed by atoms with Gasteiger partial charge in [-0.25, -0.2) is 0 Å². The van der Waals surface area contributed by atoms with Crippen molar-refractivity contribution in [2.45, 2.75) is 26.6 Å². The van der Waals surface area contributed by atoms with Crippen LogP contribution in [-0.4, -0.2) is 48.4 Å². The van der Waals surface area contributed by atoms with Gasteiger partial charge in [0.25, 0.3) is 5.91 Å². The fourth-order valence-corrected chi connectivity index (χ4v) is 3.97. The summed E-state index contributed by atoms with van der Waals surface area (Å²) in [5.74, 6) is 0.830.